The molecule has 224 valence electrons. The van der Waals surface area contributed by atoms with Crippen molar-refractivity contribution in [2.24, 2.45) is 0 Å². The van der Waals surface area contributed by atoms with Crippen LogP contribution in [-0.4, -0.2) is 70.0 Å². The van der Waals surface area contributed by atoms with Crippen molar-refractivity contribution in [3.8, 4) is 5.88 Å². The van der Waals surface area contributed by atoms with E-state index in [4.69, 9.17) is 35.8 Å². The van der Waals surface area contributed by atoms with Crippen molar-refractivity contribution in [1.82, 2.24) is 19.4 Å². The monoisotopic (exact) mass is 598 g/mol. The zero-order valence-corrected chi connectivity index (χ0v) is 24.4. The first kappa shape index (κ1) is 30.2. The predicted octanol–water partition coefficient (Wildman–Crippen LogP) is 5.32. The van der Waals surface area contributed by atoms with E-state index in [1.165, 1.54) is 6.07 Å². The van der Waals surface area contributed by atoms with Crippen LogP contribution < -0.4 is 4.74 Å². The number of benzene rings is 1. The van der Waals surface area contributed by atoms with Crippen LogP contribution in [0.25, 0.3) is 6.08 Å². The summed E-state index contributed by atoms with van der Waals surface area (Å²) < 4.78 is 32.8. The lowest BCUT2D eigenvalue weighted by atomic mass is 9.93. The van der Waals surface area contributed by atoms with Crippen molar-refractivity contribution >= 4 is 23.6 Å². The van der Waals surface area contributed by atoms with Crippen LogP contribution in [-0.2, 0) is 34.0 Å². The molecule has 2 fully saturated rings. The van der Waals surface area contributed by atoms with Crippen LogP contribution in [0, 0.1) is 5.82 Å². The molecule has 1 unspecified atom stereocenters. The molecule has 42 heavy (non-hydrogen) atoms. The molecule has 1 N–H and O–H groups in total. The van der Waals surface area contributed by atoms with Crippen molar-refractivity contribution in [1.29, 1.82) is 0 Å². The molecule has 0 bridgehead atoms. The summed E-state index contributed by atoms with van der Waals surface area (Å²) in [4.78, 5) is 23.6. The zero-order chi connectivity index (χ0) is 29.5. The smallest absolute Gasteiger partial charge is 0.331 e. The van der Waals surface area contributed by atoms with Gasteiger partial charge in [0.05, 0.1) is 37.7 Å². The molecule has 0 radical (unpaired) electrons. The van der Waals surface area contributed by atoms with Crippen molar-refractivity contribution < 1.29 is 28.5 Å². The number of hydrogen-bond acceptors (Lipinski definition) is 7. The minimum Gasteiger partial charge on any atom is -0.478 e. The maximum atomic E-state index is 14.1. The van der Waals surface area contributed by atoms with Gasteiger partial charge in [-0.15, -0.1) is 0 Å². The number of carboxylic acid groups (broad SMARTS) is 1. The number of methoxy groups -OCH3 is 1. The Hall–Kier alpha value is -3.31. The number of likely N-dealkylation sites (tertiary alicyclic amines) is 1. The predicted molar refractivity (Wildman–Crippen MR) is 156 cm³/mol. The van der Waals surface area contributed by atoms with Crippen LogP contribution in [0.2, 0.25) is 5.02 Å². The van der Waals surface area contributed by atoms with E-state index in [9.17, 15) is 14.3 Å². The van der Waals surface area contributed by atoms with Gasteiger partial charge in [0, 0.05) is 54.0 Å². The van der Waals surface area contributed by atoms with E-state index in [0.29, 0.717) is 42.6 Å². The summed E-state index contributed by atoms with van der Waals surface area (Å²) in [6.45, 7) is 4.22. The van der Waals surface area contributed by atoms with Crippen molar-refractivity contribution in [3.05, 3.63) is 81.8 Å². The van der Waals surface area contributed by atoms with Gasteiger partial charge in [0.15, 0.2) is 0 Å². The quantitative estimate of drug-likeness (QED) is 0.264. The molecule has 2 aliphatic heterocycles. The molecule has 2 aromatic heterocycles. The SMILES string of the molecule is COCC/C(=C\c1cnc(CN2CCC(c3cccc(OCc4ccc(Cl)cc4F)n3)CC2)n1CC1CCO1)C(=O)O. The molecule has 0 spiro atoms. The molecule has 0 aliphatic carbocycles. The third kappa shape index (κ3) is 7.74. The van der Waals surface area contributed by atoms with Gasteiger partial charge in [-0.1, -0.05) is 23.7 Å². The molecule has 0 saturated carbocycles. The highest BCUT2D eigenvalue weighted by atomic mass is 35.5. The number of aromatic nitrogens is 3. The van der Waals surface area contributed by atoms with Crippen LogP contribution in [0.1, 0.15) is 54.4 Å². The Bertz CT molecular complexity index is 1400. The van der Waals surface area contributed by atoms with Crippen molar-refractivity contribution in [3.63, 3.8) is 0 Å². The molecule has 1 aromatic carbocycles. The largest absolute Gasteiger partial charge is 0.478 e. The fourth-order valence-corrected chi connectivity index (χ4v) is 5.42. The van der Waals surface area contributed by atoms with Crippen LogP contribution in [0.4, 0.5) is 4.39 Å². The van der Waals surface area contributed by atoms with Gasteiger partial charge < -0.3 is 23.9 Å². The van der Waals surface area contributed by atoms with Gasteiger partial charge >= 0.3 is 5.97 Å². The average Bonchev–Trinajstić information content (AvgIpc) is 3.33. The first-order valence-corrected chi connectivity index (χ1v) is 14.6. The van der Waals surface area contributed by atoms with Gasteiger partial charge in [0.1, 0.15) is 18.2 Å². The standard InChI is InChI=1S/C31H36ClFN4O5/c1-40-13-9-22(31(38)39)15-25-17-34-29(37(25)18-26-10-14-41-26)19-36-11-7-21(8-12-36)28-3-2-4-30(35-28)42-20-23-5-6-24(32)16-27(23)33/h2-6,15-17,21,26H,7-14,18-20H2,1H3,(H,38,39)/b22-15+. The van der Waals surface area contributed by atoms with Gasteiger partial charge in [0.2, 0.25) is 5.88 Å². The molecular weight excluding hydrogens is 563 g/mol. The molecular formula is C31H36ClFN4O5. The van der Waals surface area contributed by atoms with Crippen LogP contribution >= 0.6 is 11.6 Å². The summed E-state index contributed by atoms with van der Waals surface area (Å²) in [6, 6.07) is 10.3. The Morgan fingerprint density at radius 2 is 2.05 bits per heavy atom. The lowest BCUT2D eigenvalue weighted by Crippen LogP contribution is -2.35. The second kappa shape index (κ2) is 14.2. The van der Waals surface area contributed by atoms with Gasteiger partial charge in [-0.3, -0.25) is 4.90 Å². The summed E-state index contributed by atoms with van der Waals surface area (Å²) in [5, 5.41) is 10.0. The number of piperidine rings is 1. The molecule has 4 heterocycles. The zero-order valence-electron chi connectivity index (χ0n) is 23.7. The number of halogens is 2. The number of pyridine rings is 1. The summed E-state index contributed by atoms with van der Waals surface area (Å²) in [6.07, 6.45) is 6.72. The Morgan fingerprint density at radius 1 is 1.24 bits per heavy atom. The van der Waals surface area contributed by atoms with E-state index in [0.717, 1.165) is 56.2 Å². The maximum absolute atomic E-state index is 14.1. The Balaban J connectivity index is 1.21. The number of imidazole rings is 1. The number of aliphatic carboxylic acids is 1. The number of rotatable bonds is 13. The minimum atomic E-state index is -0.955. The lowest BCUT2D eigenvalue weighted by Gasteiger charge is -2.32. The highest BCUT2D eigenvalue weighted by molar-refractivity contribution is 6.30. The van der Waals surface area contributed by atoms with Gasteiger partial charge in [-0.05, 0) is 56.6 Å². The van der Waals surface area contributed by atoms with E-state index in [2.05, 4.69) is 9.47 Å². The topological polar surface area (TPSA) is 98.9 Å². The highest BCUT2D eigenvalue weighted by Crippen LogP contribution is 2.29. The fraction of sp³-hybridized carbons (Fsp3) is 0.452. The number of carbonyl (C=O) groups is 1. The van der Waals surface area contributed by atoms with Crippen LogP contribution in [0.5, 0.6) is 5.88 Å². The normalized spacial score (nSPS) is 18.2. The van der Waals surface area contributed by atoms with Gasteiger partial charge in [0.25, 0.3) is 0 Å². The van der Waals surface area contributed by atoms with E-state index in [-0.39, 0.29) is 24.2 Å². The summed E-state index contributed by atoms with van der Waals surface area (Å²) in [5.41, 5.74) is 2.45. The first-order chi connectivity index (χ1) is 20.4. The molecule has 2 aliphatic rings. The summed E-state index contributed by atoms with van der Waals surface area (Å²) in [5.74, 6) is 0.301. The van der Waals surface area contributed by atoms with E-state index in [1.54, 1.807) is 37.6 Å². The summed E-state index contributed by atoms with van der Waals surface area (Å²) in [7, 11) is 1.56. The first-order valence-electron chi connectivity index (χ1n) is 14.2. The molecule has 11 heteroatoms. The number of carboxylic acids is 1. The second-order valence-electron chi connectivity index (χ2n) is 10.7. The Kier molecular flexibility index (Phi) is 10.2. The molecule has 3 aromatic rings. The molecule has 2 saturated heterocycles. The third-order valence-corrected chi connectivity index (χ3v) is 8.06. The highest BCUT2D eigenvalue weighted by Gasteiger charge is 2.26. The second-order valence-corrected chi connectivity index (χ2v) is 11.1. The van der Waals surface area contributed by atoms with E-state index in [1.807, 2.05) is 12.1 Å². The van der Waals surface area contributed by atoms with E-state index >= 15 is 0 Å². The minimum absolute atomic E-state index is 0.0773. The van der Waals surface area contributed by atoms with Gasteiger partial charge in [-0.25, -0.2) is 19.2 Å². The van der Waals surface area contributed by atoms with Crippen LogP contribution in [0.15, 0.2) is 48.2 Å². The number of nitrogens with zero attached hydrogens (tertiary/aromatic N) is 4. The molecule has 5 rings (SSSR count). The number of hydrogen-bond donors (Lipinski definition) is 1. The lowest BCUT2D eigenvalue weighted by molar-refractivity contribution is -0.132. The van der Waals surface area contributed by atoms with Gasteiger partial charge in [-0.2, -0.15) is 0 Å². The molecule has 0 amide bonds. The molecule has 9 nitrogen and oxygen atoms in total. The van der Waals surface area contributed by atoms with Crippen molar-refractivity contribution in [2.75, 3.05) is 33.4 Å². The average molecular weight is 599 g/mol. The Labute approximate surface area is 249 Å². The van der Waals surface area contributed by atoms with Crippen LogP contribution in [0.3, 0.4) is 0 Å². The molecule has 1 atom stereocenters. The van der Waals surface area contributed by atoms with E-state index < -0.39 is 11.8 Å². The third-order valence-electron chi connectivity index (χ3n) is 7.83. The van der Waals surface area contributed by atoms with Crippen molar-refractivity contribution in [2.45, 2.75) is 57.4 Å². The Morgan fingerprint density at radius 3 is 2.74 bits per heavy atom. The number of ether oxygens (including phenoxy) is 3. The maximum Gasteiger partial charge on any atom is 0.331 e. The fourth-order valence-electron chi connectivity index (χ4n) is 5.26. The summed E-state index contributed by atoms with van der Waals surface area (Å²) >= 11 is 5.85.